The van der Waals surface area contributed by atoms with Gasteiger partial charge in [-0.25, -0.2) is 4.79 Å². The van der Waals surface area contributed by atoms with Gasteiger partial charge in [-0.05, 0) is 0 Å². The lowest BCUT2D eigenvalue weighted by Crippen LogP contribution is -2.30. The maximum absolute atomic E-state index is 10.5. The molecule has 0 saturated heterocycles. The second kappa shape index (κ2) is 3.65. The normalized spacial score (nSPS) is 9.62. The molecule has 1 heterocycles. The van der Waals surface area contributed by atoms with Crippen LogP contribution in [0.25, 0.3) is 0 Å². The van der Waals surface area contributed by atoms with Crippen LogP contribution in [0.5, 0.6) is 0 Å². The molecule has 13 heavy (non-hydrogen) atoms. The van der Waals surface area contributed by atoms with Crippen LogP contribution in [0.15, 0.2) is 4.52 Å². The van der Waals surface area contributed by atoms with Gasteiger partial charge in [-0.1, -0.05) is 5.16 Å². The van der Waals surface area contributed by atoms with Gasteiger partial charge in [0.15, 0.2) is 5.82 Å². The minimum Gasteiger partial charge on any atom is -0.474 e. The van der Waals surface area contributed by atoms with Gasteiger partial charge in [-0.2, -0.15) is 4.98 Å². The highest BCUT2D eigenvalue weighted by Gasteiger charge is 2.11. The number of carboxylic acids is 1. The summed E-state index contributed by atoms with van der Waals surface area (Å²) >= 11 is 0. The Morgan fingerprint density at radius 2 is 2.31 bits per heavy atom. The van der Waals surface area contributed by atoms with Gasteiger partial charge >= 0.3 is 11.9 Å². The molecule has 0 unspecified atom stereocenters. The predicted molar refractivity (Wildman–Crippen MR) is 38.5 cm³/mol. The molecule has 0 saturated carbocycles. The topological polar surface area (TPSA) is 105 Å². The number of aliphatic carboxylic acids is 1. The van der Waals surface area contributed by atoms with E-state index in [9.17, 15) is 9.59 Å². The van der Waals surface area contributed by atoms with E-state index in [0.29, 0.717) is 5.89 Å². The first-order valence-corrected chi connectivity index (χ1v) is 3.40. The molecule has 2 N–H and O–H groups in total. The molecule has 0 radical (unpaired) electrons. The van der Waals surface area contributed by atoms with E-state index in [-0.39, 0.29) is 12.4 Å². The van der Waals surface area contributed by atoms with Crippen LogP contribution in [0.4, 0.5) is 0 Å². The fraction of sp³-hybridized carbons (Fsp3) is 0.333. The molecule has 0 fully saturated rings. The Morgan fingerprint density at radius 1 is 1.62 bits per heavy atom. The molecule has 0 aliphatic carbocycles. The quantitative estimate of drug-likeness (QED) is 0.577. The van der Waals surface area contributed by atoms with Crippen molar-refractivity contribution >= 4 is 11.9 Å². The largest absolute Gasteiger partial charge is 0.474 e. The van der Waals surface area contributed by atoms with Crippen LogP contribution in [-0.4, -0.2) is 27.1 Å². The highest BCUT2D eigenvalue weighted by Crippen LogP contribution is 1.93. The minimum absolute atomic E-state index is 0.0531. The van der Waals surface area contributed by atoms with Gasteiger partial charge in [0, 0.05) is 6.92 Å². The smallest absolute Gasteiger partial charge is 0.394 e. The number of hydrogen-bond donors (Lipinski definition) is 2. The first-order chi connectivity index (χ1) is 6.09. The van der Waals surface area contributed by atoms with E-state index in [0.717, 1.165) is 0 Å². The average Bonchev–Trinajstić information content (AvgIpc) is 2.47. The third-order valence-electron chi connectivity index (χ3n) is 1.17. The Bertz CT molecular complexity index is 332. The molecule has 0 aliphatic rings. The summed E-state index contributed by atoms with van der Waals surface area (Å²) < 4.78 is 4.60. The van der Waals surface area contributed by atoms with Crippen molar-refractivity contribution in [2.45, 2.75) is 13.5 Å². The van der Waals surface area contributed by atoms with Gasteiger partial charge in [-0.15, -0.1) is 0 Å². The summed E-state index contributed by atoms with van der Waals surface area (Å²) in [5, 5.41) is 13.7. The molecule has 0 aliphatic heterocycles. The van der Waals surface area contributed by atoms with Gasteiger partial charge < -0.3 is 14.9 Å². The zero-order valence-corrected chi connectivity index (χ0v) is 6.77. The first-order valence-electron chi connectivity index (χ1n) is 3.40. The van der Waals surface area contributed by atoms with Crippen molar-refractivity contribution in [2.75, 3.05) is 0 Å². The molecule has 7 heteroatoms. The Morgan fingerprint density at radius 3 is 2.77 bits per heavy atom. The van der Waals surface area contributed by atoms with Crippen LogP contribution in [0.3, 0.4) is 0 Å². The number of amides is 1. The molecule has 1 aromatic rings. The number of hydrogen-bond acceptors (Lipinski definition) is 5. The van der Waals surface area contributed by atoms with Crippen molar-refractivity contribution in [1.82, 2.24) is 15.5 Å². The SMILES string of the molecule is Cc1nc(CNC(=O)C(=O)O)no1. The number of nitrogens with zero attached hydrogens (tertiary/aromatic N) is 2. The molecular formula is C6H7N3O4. The van der Waals surface area contributed by atoms with Crippen molar-refractivity contribution in [1.29, 1.82) is 0 Å². The fourth-order valence-electron chi connectivity index (χ4n) is 0.648. The van der Waals surface area contributed by atoms with E-state index in [1.807, 2.05) is 0 Å². The van der Waals surface area contributed by atoms with E-state index in [1.165, 1.54) is 0 Å². The monoisotopic (exact) mass is 185 g/mol. The summed E-state index contributed by atoms with van der Waals surface area (Å²) in [7, 11) is 0. The highest BCUT2D eigenvalue weighted by molar-refractivity contribution is 6.31. The first kappa shape index (κ1) is 9.17. The van der Waals surface area contributed by atoms with Gasteiger partial charge in [0.25, 0.3) is 0 Å². The van der Waals surface area contributed by atoms with Gasteiger partial charge in [0.05, 0.1) is 6.54 Å². The second-order valence-electron chi connectivity index (χ2n) is 2.22. The molecule has 0 spiro atoms. The number of rotatable bonds is 2. The van der Waals surface area contributed by atoms with Gasteiger partial charge in [-0.3, -0.25) is 4.79 Å². The van der Waals surface area contributed by atoms with Crippen LogP contribution >= 0.6 is 0 Å². The van der Waals surface area contributed by atoms with Crippen LogP contribution in [0, 0.1) is 6.92 Å². The summed E-state index contributed by atoms with van der Waals surface area (Å²) in [5.74, 6) is -2.03. The third kappa shape index (κ3) is 2.55. The van der Waals surface area contributed by atoms with Crippen molar-refractivity contribution in [2.24, 2.45) is 0 Å². The Hall–Kier alpha value is -1.92. The van der Waals surface area contributed by atoms with Crippen molar-refractivity contribution < 1.29 is 19.2 Å². The number of carbonyl (C=O) groups excluding carboxylic acids is 1. The Kier molecular flexibility index (Phi) is 2.58. The maximum Gasteiger partial charge on any atom is 0.394 e. The molecule has 70 valence electrons. The van der Waals surface area contributed by atoms with Crippen LogP contribution in [0.2, 0.25) is 0 Å². The standard InChI is InChI=1S/C6H7N3O4/c1-3-8-4(9-13-3)2-7-5(10)6(11)12/h2H2,1H3,(H,7,10)(H,11,12). The summed E-state index contributed by atoms with van der Waals surface area (Å²) in [6.45, 7) is 1.54. The summed E-state index contributed by atoms with van der Waals surface area (Å²) in [4.78, 5) is 24.3. The minimum atomic E-state index is -1.54. The van der Waals surface area contributed by atoms with E-state index in [4.69, 9.17) is 5.11 Å². The average molecular weight is 185 g/mol. The van der Waals surface area contributed by atoms with Crippen molar-refractivity contribution in [3.05, 3.63) is 11.7 Å². The molecule has 0 aromatic carbocycles. The van der Waals surface area contributed by atoms with Crippen LogP contribution in [0.1, 0.15) is 11.7 Å². The summed E-state index contributed by atoms with van der Waals surface area (Å²) in [6.07, 6.45) is 0. The second-order valence-corrected chi connectivity index (χ2v) is 2.22. The molecule has 0 bridgehead atoms. The molecule has 0 atom stereocenters. The molecular weight excluding hydrogens is 178 g/mol. The predicted octanol–water partition coefficient (Wildman–Crippen LogP) is -0.921. The molecule has 1 rings (SSSR count). The number of carbonyl (C=O) groups is 2. The lowest BCUT2D eigenvalue weighted by atomic mass is 10.5. The number of nitrogens with one attached hydrogen (secondary N) is 1. The molecule has 7 nitrogen and oxygen atoms in total. The zero-order valence-electron chi connectivity index (χ0n) is 6.77. The fourth-order valence-corrected chi connectivity index (χ4v) is 0.648. The van der Waals surface area contributed by atoms with E-state index in [2.05, 4.69) is 20.0 Å². The number of aromatic nitrogens is 2. The lowest BCUT2D eigenvalue weighted by molar-refractivity contribution is -0.150. The van der Waals surface area contributed by atoms with E-state index < -0.39 is 11.9 Å². The summed E-state index contributed by atoms with van der Waals surface area (Å²) in [5.41, 5.74) is 0. The zero-order chi connectivity index (χ0) is 9.84. The van der Waals surface area contributed by atoms with Crippen LogP contribution in [-0.2, 0) is 16.1 Å². The molecule has 1 amide bonds. The maximum atomic E-state index is 10.5. The highest BCUT2D eigenvalue weighted by atomic mass is 16.5. The number of carboxylic acid groups (broad SMARTS) is 1. The molecule has 1 aromatic heterocycles. The Balaban J connectivity index is 2.44. The number of aryl methyl sites for hydroxylation is 1. The lowest BCUT2D eigenvalue weighted by Gasteiger charge is -1.94. The Labute approximate surface area is 72.7 Å². The van der Waals surface area contributed by atoms with Crippen molar-refractivity contribution in [3.63, 3.8) is 0 Å². The van der Waals surface area contributed by atoms with E-state index >= 15 is 0 Å². The van der Waals surface area contributed by atoms with E-state index in [1.54, 1.807) is 6.92 Å². The van der Waals surface area contributed by atoms with Gasteiger partial charge in [0.1, 0.15) is 0 Å². The van der Waals surface area contributed by atoms with Crippen molar-refractivity contribution in [3.8, 4) is 0 Å². The summed E-state index contributed by atoms with van der Waals surface area (Å²) in [6, 6.07) is 0. The van der Waals surface area contributed by atoms with Crippen LogP contribution < -0.4 is 5.32 Å². The third-order valence-corrected chi connectivity index (χ3v) is 1.17. The van der Waals surface area contributed by atoms with Gasteiger partial charge in [0.2, 0.25) is 5.89 Å².